The number of aliphatic imine (C=N–C) groups is 1. The third-order valence-corrected chi connectivity index (χ3v) is 4.91. The van der Waals surface area contributed by atoms with Gasteiger partial charge in [0.1, 0.15) is 10.8 Å². The molecule has 7 heteroatoms. The maximum Gasteiger partial charge on any atom is 0.191 e. The summed E-state index contributed by atoms with van der Waals surface area (Å²) in [6.07, 6.45) is 0.913. The van der Waals surface area contributed by atoms with Crippen molar-refractivity contribution in [1.82, 2.24) is 15.6 Å². The van der Waals surface area contributed by atoms with Crippen LogP contribution in [0.1, 0.15) is 48.5 Å². The van der Waals surface area contributed by atoms with Gasteiger partial charge in [0.05, 0.1) is 19.3 Å². The minimum atomic E-state index is 0. The molecule has 2 aromatic rings. The number of hydrogen-bond donors (Lipinski definition) is 2. The molecule has 0 atom stereocenters. The summed E-state index contributed by atoms with van der Waals surface area (Å²) in [7, 11) is 1.71. The molecule has 0 spiro atoms. The molecule has 0 amide bonds. The van der Waals surface area contributed by atoms with Gasteiger partial charge in [0.25, 0.3) is 0 Å². The highest BCUT2D eigenvalue weighted by Crippen LogP contribution is 2.19. The minimum Gasteiger partial charge on any atom is -0.496 e. The quantitative estimate of drug-likeness (QED) is 0.317. The first-order chi connectivity index (χ1) is 12.5. The summed E-state index contributed by atoms with van der Waals surface area (Å²) in [6.45, 7) is 10.7. The summed E-state index contributed by atoms with van der Waals surface area (Å²) in [6, 6.07) is 6.35. The first-order valence-electron chi connectivity index (χ1n) is 9.13. The van der Waals surface area contributed by atoms with E-state index in [1.807, 2.05) is 0 Å². The Balaban J connectivity index is 0.00000364. The highest BCUT2D eigenvalue weighted by atomic mass is 127. The van der Waals surface area contributed by atoms with E-state index in [9.17, 15) is 0 Å². The van der Waals surface area contributed by atoms with Gasteiger partial charge in [0.2, 0.25) is 0 Å². The van der Waals surface area contributed by atoms with Gasteiger partial charge in [-0.05, 0) is 43.4 Å². The second-order valence-electron chi connectivity index (χ2n) is 6.50. The number of thiazole rings is 1. The number of aromatic nitrogens is 1. The van der Waals surface area contributed by atoms with Gasteiger partial charge in [0.15, 0.2) is 5.96 Å². The lowest BCUT2D eigenvalue weighted by Crippen LogP contribution is -2.38. The predicted molar refractivity (Wildman–Crippen MR) is 126 cm³/mol. The van der Waals surface area contributed by atoms with Crippen LogP contribution in [-0.2, 0) is 13.0 Å². The number of ether oxygens (including phenoxy) is 1. The number of guanidine groups is 1. The lowest BCUT2D eigenvalue weighted by molar-refractivity contribution is 0.411. The molecule has 1 aromatic heterocycles. The van der Waals surface area contributed by atoms with Gasteiger partial charge in [0, 0.05) is 18.5 Å². The Morgan fingerprint density at radius 1 is 1.30 bits per heavy atom. The molecule has 0 saturated carbocycles. The molecule has 1 aromatic carbocycles. The fraction of sp³-hybridized carbons (Fsp3) is 0.500. The zero-order valence-electron chi connectivity index (χ0n) is 16.8. The van der Waals surface area contributed by atoms with E-state index in [-0.39, 0.29) is 24.0 Å². The number of rotatable bonds is 8. The molecule has 150 valence electrons. The van der Waals surface area contributed by atoms with Crippen molar-refractivity contribution in [2.45, 2.75) is 46.6 Å². The van der Waals surface area contributed by atoms with Crippen LogP contribution < -0.4 is 15.4 Å². The zero-order chi connectivity index (χ0) is 18.9. The zero-order valence-corrected chi connectivity index (χ0v) is 20.0. The largest absolute Gasteiger partial charge is 0.496 e. The smallest absolute Gasteiger partial charge is 0.191 e. The third kappa shape index (κ3) is 7.65. The van der Waals surface area contributed by atoms with Crippen molar-refractivity contribution in [3.63, 3.8) is 0 Å². The van der Waals surface area contributed by atoms with Gasteiger partial charge in [-0.25, -0.2) is 9.98 Å². The Labute approximate surface area is 184 Å². The molecule has 2 N–H and O–H groups in total. The van der Waals surface area contributed by atoms with Gasteiger partial charge in [-0.3, -0.25) is 0 Å². The number of benzene rings is 1. The number of nitrogens with zero attached hydrogens (tertiary/aromatic N) is 2. The van der Waals surface area contributed by atoms with Crippen LogP contribution >= 0.6 is 35.3 Å². The van der Waals surface area contributed by atoms with Gasteiger partial charge in [-0.1, -0.05) is 26.0 Å². The lowest BCUT2D eigenvalue weighted by atomic mass is 10.1. The Bertz CT molecular complexity index is 731. The van der Waals surface area contributed by atoms with Crippen molar-refractivity contribution in [3.8, 4) is 5.75 Å². The maximum absolute atomic E-state index is 5.40. The molecule has 0 unspecified atom stereocenters. The molecule has 0 saturated heterocycles. The molecular formula is C20H31IN4OS. The summed E-state index contributed by atoms with van der Waals surface area (Å²) >= 11 is 1.68. The van der Waals surface area contributed by atoms with Crippen LogP contribution in [0.4, 0.5) is 0 Å². The van der Waals surface area contributed by atoms with Crippen LogP contribution in [0, 0.1) is 6.92 Å². The van der Waals surface area contributed by atoms with Crippen molar-refractivity contribution in [1.29, 1.82) is 0 Å². The second kappa shape index (κ2) is 12.2. The molecule has 0 radical (unpaired) electrons. The molecule has 27 heavy (non-hydrogen) atoms. The first-order valence-corrected chi connectivity index (χ1v) is 10.0. The molecule has 2 rings (SSSR count). The molecule has 0 aliphatic heterocycles. The number of hydrogen-bond acceptors (Lipinski definition) is 4. The first kappa shape index (κ1) is 23.7. The van der Waals surface area contributed by atoms with Crippen LogP contribution in [0.15, 0.2) is 28.6 Å². The monoisotopic (exact) mass is 502 g/mol. The average molecular weight is 502 g/mol. The average Bonchev–Trinajstić information content (AvgIpc) is 3.10. The van der Waals surface area contributed by atoms with Crippen LogP contribution in [0.2, 0.25) is 0 Å². The number of halogens is 1. The predicted octanol–water partition coefficient (Wildman–Crippen LogP) is 4.50. The molecule has 0 fully saturated rings. The highest BCUT2D eigenvalue weighted by Gasteiger charge is 2.06. The van der Waals surface area contributed by atoms with E-state index in [4.69, 9.17) is 4.74 Å². The summed E-state index contributed by atoms with van der Waals surface area (Å²) in [5, 5.41) is 9.86. The van der Waals surface area contributed by atoms with E-state index < -0.39 is 0 Å². The van der Waals surface area contributed by atoms with E-state index >= 15 is 0 Å². The van der Waals surface area contributed by atoms with Gasteiger partial charge in [-0.2, -0.15) is 0 Å². The summed E-state index contributed by atoms with van der Waals surface area (Å²) in [5.74, 6) is 2.22. The Hall–Kier alpha value is -1.35. The van der Waals surface area contributed by atoms with E-state index in [1.165, 1.54) is 5.56 Å². The fourth-order valence-electron chi connectivity index (χ4n) is 2.50. The number of nitrogens with one attached hydrogen (secondary N) is 2. The van der Waals surface area contributed by atoms with E-state index in [0.717, 1.165) is 47.5 Å². The van der Waals surface area contributed by atoms with E-state index in [0.29, 0.717) is 12.5 Å². The third-order valence-electron chi connectivity index (χ3n) is 4.06. The van der Waals surface area contributed by atoms with Crippen LogP contribution in [0.3, 0.4) is 0 Å². The minimum absolute atomic E-state index is 0. The molecular weight excluding hydrogens is 471 g/mol. The number of aryl methyl sites for hydroxylation is 1. The summed E-state index contributed by atoms with van der Waals surface area (Å²) in [5.41, 5.74) is 3.55. The van der Waals surface area contributed by atoms with Gasteiger partial charge >= 0.3 is 0 Å². The van der Waals surface area contributed by atoms with E-state index in [1.54, 1.807) is 18.4 Å². The summed E-state index contributed by atoms with van der Waals surface area (Å²) < 4.78 is 5.40. The lowest BCUT2D eigenvalue weighted by Gasteiger charge is -2.12. The molecule has 0 aliphatic carbocycles. The van der Waals surface area contributed by atoms with Gasteiger partial charge in [-0.15, -0.1) is 35.3 Å². The topological polar surface area (TPSA) is 58.5 Å². The standard InChI is InChI=1S/C20H30N4OS.HI/c1-6-21-20(23-12-19-24-17(13-26-19)14(2)3)22-10-9-16-8-7-15(4)18(11-16)25-5;/h7-8,11,13-14H,6,9-10,12H2,1-5H3,(H2,21,22,23);1H. The summed E-state index contributed by atoms with van der Waals surface area (Å²) in [4.78, 5) is 9.29. The van der Waals surface area contributed by atoms with Crippen LogP contribution in [0.25, 0.3) is 0 Å². The van der Waals surface area contributed by atoms with Crippen molar-refractivity contribution in [3.05, 3.63) is 45.4 Å². The molecule has 0 bridgehead atoms. The van der Waals surface area contributed by atoms with Crippen molar-refractivity contribution in [2.24, 2.45) is 4.99 Å². The van der Waals surface area contributed by atoms with Crippen molar-refractivity contribution in [2.75, 3.05) is 20.2 Å². The highest BCUT2D eigenvalue weighted by molar-refractivity contribution is 14.0. The molecule has 1 heterocycles. The Morgan fingerprint density at radius 2 is 2.07 bits per heavy atom. The maximum atomic E-state index is 5.40. The normalized spacial score (nSPS) is 11.3. The van der Waals surface area contributed by atoms with Crippen LogP contribution in [-0.4, -0.2) is 31.1 Å². The van der Waals surface area contributed by atoms with Crippen molar-refractivity contribution >= 4 is 41.3 Å². The fourth-order valence-corrected chi connectivity index (χ4v) is 3.38. The van der Waals surface area contributed by atoms with Gasteiger partial charge < -0.3 is 15.4 Å². The molecule has 5 nitrogen and oxygen atoms in total. The Morgan fingerprint density at radius 3 is 2.70 bits per heavy atom. The van der Waals surface area contributed by atoms with E-state index in [2.05, 4.69) is 71.9 Å². The Kier molecular flexibility index (Phi) is 10.7. The SMILES string of the molecule is CCNC(=NCc1nc(C(C)C)cs1)NCCc1ccc(C)c(OC)c1.I. The number of methoxy groups -OCH3 is 1. The molecule has 0 aliphatic rings. The van der Waals surface area contributed by atoms with Crippen molar-refractivity contribution < 1.29 is 4.74 Å². The van der Waals surface area contributed by atoms with Crippen LogP contribution in [0.5, 0.6) is 5.75 Å². The second-order valence-corrected chi connectivity index (χ2v) is 7.44.